The van der Waals surface area contributed by atoms with E-state index in [4.69, 9.17) is 5.73 Å². The second-order valence-corrected chi connectivity index (χ2v) is 6.16. The van der Waals surface area contributed by atoms with Gasteiger partial charge in [-0.3, -0.25) is 14.7 Å². The third-order valence-corrected chi connectivity index (χ3v) is 4.57. The molecule has 8 heteroatoms. The van der Waals surface area contributed by atoms with Gasteiger partial charge in [-0.25, -0.2) is 0 Å². The molecule has 2 aromatic rings. The Morgan fingerprint density at radius 1 is 0.963 bits per heavy atom. The number of nitrogens with zero attached hydrogens (tertiary/aromatic N) is 3. The highest BCUT2D eigenvalue weighted by molar-refractivity contribution is 5.86. The van der Waals surface area contributed by atoms with Crippen LogP contribution in [0.3, 0.4) is 0 Å². The molecule has 150 valence electrons. The van der Waals surface area contributed by atoms with Crippen LogP contribution in [0.25, 0.3) is 0 Å². The van der Waals surface area contributed by atoms with E-state index >= 15 is 0 Å². The minimum atomic E-state index is -0.561. The van der Waals surface area contributed by atoms with Gasteiger partial charge in [-0.1, -0.05) is 30.3 Å². The molecule has 2 N–H and O–H groups in total. The maximum absolute atomic E-state index is 12.6. The molecule has 0 spiro atoms. The maximum atomic E-state index is 12.6. The highest BCUT2D eigenvalue weighted by Gasteiger charge is 2.25. The van der Waals surface area contributed by atoms with Crippen molar-refractivity contribution in [2.24, 2.45) is 5.73 Å². The summed E-state index contributed by atoms with van der Waals surface area (Å²) >= 11 is 0. The van der Waals surface area contributed by atoms with E-state index in [1.807, 2.05) is 47.6 Å². The third-order valence-electron chi connectivity index (χ3n) is 4.57. The molecule has 1 aliphatic heterocycles. The van der Waals surface area contributed by atoms with Gasteiger partial charge in [0.1, 0.15) is 6.04 Å². The molecule has 1 aliphatic rings. The average molecular weight is 434 g/mol. The van der Waals surface area contributed by atoms with Crippen LogP contribution >= 0.6 is 37.2 Å². The molecule has 27 heavy (non-hydrogen) atoms. The molecule has 2 heterocycles. The molecule has 0 saturated carbocycles. The van der Waals surface area contributed by atoms with Crippen LogP contribution in [-0.2, 0) is 11.2 Å². The Labute approximate surface area is 179 Å². The number of amides is 1. The summed E-state index contributed by atoms with van der Waals surface area (Å²) in [5.41, 5.74) is 8.31. The van der Waals surface area contributed by atoms with Crippen LogP contribution in [0.4, 0.5) is 0 Å². The van der Waals surface area contributed by atoms with Crippen molar-refractivity contribution in [1.29, 1.82) is 0 Å². The molecule has 1 aromatic heterocycles. The highest BCUT2D eigenvalue weighted by Crippen LogP contribution is 2.14. The predicted molar refractivity (Wildman–Crippen MR) is 116 cm³/mol. The van der Waals surface area contributed by atoms with Crippen molar-refractivity contribution < 1.29 is 4.79 Å². The Morgan fingerprint density at radius 2 is 1.56 bits per heavy atom. The Morgan fingerprint density at radius 3 is 2.15 bits per heavy atom. The topological polar surface area (TPSA) is 62.5 Å². The summed E-state index contributed by atoms with van der Waals surface area (Å²) in [6, 6.07) is 13.1. The van der Waals surface area contributed by atoms with Crippen LogP contribution in [0, 0.1) is 0 Å². The fourth-order valence-corrected chi connectivity index (χ4v) is 3.03. The normalized spacial score (nSPS) is 14.9. The van der Waals surface area contributed by atoms with Crippen molar-refractivity contribution >= 4 is 43.1 Å². The number of nitrogens with two attached hydrogens (primary N) is 1. The van der Waals surface area contributed by atoms with Crippen molar-refractivity contribution in [2.75, 3.05) is 32.7 Å². The van der Waals surface area contributed by atoms with Crippen LogP contribution in [0.1, 0.15) is 17.2 Å². The largest absolute Gasteiger partial charge is 0.338 e. The van der Waals surface area contributed by atoms with Gasteiger partial charge >= 0.3 is 0 Å². The molecule has 5 nitrogen and oxygen atoms in total. The van der Waals surface area contributed by atoms with Crippen LogP contribution in [0.2, 0.25) is 0 Å². The molecule has 1 aromatic carbocycles. The molecule has 0 bridgehead atoms. The molecule has 1 saturated heterocycles. The van der Waals surface area contributed by atoms with Crippen LogP contribution < -0.4 is 5.73 Å². The fourth-order valence-electron chi connectivity index (χ4n) is 3.03. The number of rotatable bonds is 5. The summed E-state index contributed by atoms with van der Waals surface area (Å²) in [6.45, 7) is 4.30. The molecule has 0 aliphatic carbocycles. The van der Waals surface area contributed by atoms with E-state index < -0.39 is 6.04 Å². The quantitative estimate of drug-likeness (QED) is 0.787. The maximum Gasteiger partial charge on any atom is 0.244 e. The van der Waals surface area contributed by atoms with Crippen molar-refractivity contribution in [3.05, 3.63) is 66.0 Å². The molecule has 3 rings (SSSR count). The van der Waals surface area contributed by atoms with Crippen molar-refractivity contribution in [3.63, 3.8) is 0 Å². The Hall–Kier alpha value is -1.37. The number of hydrogen-bond acceptors (Lipinski definition) is 4. The molecule has 1 amide bonds. The first-order valence-corrected chi connectivity index (χ1v) is 8.44. The van der Waals surface area contributed by atoms with Gasteiger partial charge in [-0.15, -0.1) is 37.2 Å². The first kappa shape index (κ1) is 25.6. The Balaban J connectivity index is 0.00000225. The zero-order valence-corrected chi connectivity index (χ0v) is 17.5. The first-order chi connectivity index (χ1) is 11.7. The lowest BCUT2D eigenvalue weighted by atomic mass is 10.1. The second-order valence-electron chi connectivity index (χ2n) is 6.16. The predicted octanol–water partition coefficient (Wildman–Crippen LogP) is 2.73. The lowest BCUT2D eigenvalue weighted by molar-refractivity contribution is -0.134. The molecule has 0 unspecified atom stereocenters. The number of aromatic nitrogens is 1. The van der Waals surface area contributed by atoms with Gasteiger partial charge in [0.2, 0.25) is 5.91 Å². The minimum Gasteiger partial charge on any atom is -0.338 e. The van der Waals surface area contributed by atoms with Gasteiger partial charge in [0.25, 0.3) is 0 Å². The number of carbonyl (C=O) groups is 1. The van der Waals surface area contributed by atoms with Gasteiger partial charge in [-0.05, 0) is 29.7 Å². The van der Waals surface area contributed by atoms with Gasteiger partial charge in [-0.2, -0.15) is 0 Å². The van der Waals surface area contributed by atoms with E-state index in [2.05, 4.69) is 22.0 Å². The van der Waals surface area contributed by atoms with Crippen molar-refractivity contribution in [3.8, 4) is 0 Å². The number of pyridine rings is 1. The van der Waals surface area contributed by atoms with Crippen molar-refractivity contribution in [1.82, 2.24) is 14.8 Å². The molecular formula is C19H27Cl3N4O. The number of carbonyl (C=O) groups excluding carboxylic acids is 1. The number of hydrogen-bond donors (Lipinski definition) is 1. The SMILES string of the molecule is Cl.Cl.Cl.N[C@@H](C(=O)N1CCN(CCc2ccncc2)CC1)c1ccccc1. The summed E-state index contributed by atoms with van der Waals surface area (Å²) in [4.78, 5) is 20.9. The van der Waals surface area contributed by atoms with E-state index in [0.29, 0.717) is 0 Å². The minimum absolute atomic E-state index is 0. The molecule has 0 radical (unpaired) electrons. The van der Waals surface area contributed by atoms with Gasteiger partial charge < -0.3 is 10.6 Å². The van der Waals surface area contributed by atoms with E-state index in [9.17, 15) is 4.79 Å². The van der Waals surface area contributed by atoms with Gasteiger partial charge in [0, 0.05) is 45.1 Å². The van der Waals surface area contributed by atoms with E-state index in [1.165, 1.54) is 5.56 Å². The Bertz CT molecular complexity index is 653. The highest BCUT2D eigenvalue weighted by atomic mass is 35.5. The van der Waals surface area contributed by atoms with Gasteiger partial charge in [0.05, 0.1) is 0 Å². The average Bonchev–Trinajstić information content (AvgIpc) is 2.67. The summed E-state index contributed by atoms with van der Waals surface area (Å²) < 4.78 is 0. The molecule has 1 fully saturated rings. The zero-order chi connectivity index (χ0) is 16.8. The fraction of sp³-hybridized carbons (Fsp3) is 0.368. The first-order valence-electron chi connectivity index (χ1n) is 8.44. The van der Waals surface area contributed by atoms with Gasteiger partial charge in [0.15, 0.2) is 0 Å². The summed E-state index contributed by atoms with van der Waals surface area (Å²) in [7, 11) is 0. The van der Waals surface area contributed by atoms with E-state index in [1.54, 1.807) is 0 Å². The van der Waals surface area contributed by atoms with Crippen LogP contribution in [0.15, 0.2) is 54.9 Å². The van der Waals surface area contributed by atoms with Crippen molar-refractivity contribution in [2.45, 2.75) is 12.5 Å². The van der Waals surface area contributed by atoms with E-state index in [-0.39, 0.29) is 43.1 Å². The third kappa shape index (κ3) is 7.28. The smallest absolute Gasteiger partial charge is 0.244 e. The zero-order valence-electron chi connectivity index (χ0n) is 15.1. The lowest BCUT2D eigenvalue weighted by Gasteiger charge is -2.36. The lowest BCUT2D eigenvalue weighted by Crippen LogP contribution is -2.51. The van der Waals surface area contributed by atoms with Crippen LogP contribution in [0.5, 0.6) is 0 Å². The number of piperazine rings is 1. The second kappa shape index (κ2) is 12.9. The standard InChI is InChI=1S/C19H24N4O.3ClH/c20-18(17-4-2-1-3-5-17)19(24)23-14-12-22(13-15-23)11-8-16-6-9-21-10-7-16;;;/h1-7,9-10,18H,8,11-15,20H2;3*1H/t18-;;;/m1.../s1. The molecular weight excluding hydrogens is 407 g/mol. The number of benzene rings is 1. The Kier molecular flexibility index (Phi) is 12.3. The monoisotopic (exact) mass is 432 g/mol. The summed E-state index contributed by atoms with van der Waals surface area (Å²) in [6.07, 6.45) is 4.67. The van der Waals surface area contributed by atoms with E-state index in [0.717, 1.165) is 44.7 Å². The summed E-state index contributed by atoms with van der Waals surface area (Å²) in [5.74, 6) is 0.0231. The molecule has 1 atom stereocenters. The van der Waals surface area contributed by atoms with Crippen LogP contribution in [-0.4, -0.2) is 53.4 Å². The summed E-state index contributed by atoms with van der Waals surface area (Å²) in [5, 5.41) is 0. The number of halogens is 3.